The van der Waals surface area contributed by atoms with Crippen LogP contribution in [0.5, 0.6) is 0 Å². The molecule has 1 aromatic rings. The number of nitrogens with two attached hydrogens (primary N) is 1. The number of hydrogen-bond donors (Lipinski definition) is 1. The summed E-state index contributed by atoms with van der Waals surface area (Å²) in [6.45, 7) is 4.29. The largest absolute Gasteiger partial charge is 0.399 e. The second-order valence-electron chi connectivity index (χ2n) is 6.74. The van der Waals surface area contributed by atoms with Crippen molar-refractivity contribution in [3.8, 4) is 0 Å². The number of amides is 1. The van der Waals surface area contributed by atoms with Crippen LogP contribution >= 0.6 is 0 Å². The maximum atomic E-state index is 13.1. The first-order chi connectivity index (χ1) is 9.51. The standard InChI is InChI=1S/C17H24N2O/c1-12-10-13-11-14(18)6-7-15(13)19(12)16(20)17(2)8-4-3-5-9-17/h6-7,11-12H,3-5,8-10,18H2,1-2H3. The lowest BCUT2D eigenvalue weighted by molar-refractivity contribution is -0.129. The Morgan fingerprint density at radius 2 is 2.00 bits per heavy atom. The van der Waals surface area contributed by atoms with Gasteiger partial charge in [0.15, 0.2) is 0 Å². The predicted octanol–water partition coefficient (Wildman–Crippen LogP) is 3.52. The van der Waals surface area contributed by atoms with E-state index >= 15 is 0 Å². The molecule has 1 heterocycles. The van der Waals surface area contributed by atoms with Crippen molar-refractivity contribution < 1.29 is 4.79 Å². The molecule has 1 aliphatic carbocycles. The van der Waals surface area contributed by atoms with Crippen LogP contribution in [0, 0.1) is 5.41 Å². The van der Waals surface area contributed by atoms with Crippen molar-refractivity contribution in [1.82, 2.24) is 0 Å². The van der Waals surface area contributed by atoms with Crippen LogP contribution in [-0.4, -0.2) is 11.9 Å². The summed E-state index contributed by atoms with van der Waals surface area (Å²) in [6, 6.07) is 6.18. The fourth-order valence-corrected chi connectivity index (χ4v) is 3.80. The number of benzene rings is 1. The molecule has 0 bridgehead atoms. The van der Waals surface area contributed by atoms with E-state index in [2.05, 4.69) is 13.8 Å². The molecular weight excluding hydrogens is 248 g/mol. The van der Waals surface area contributed by atoms with E-state index in [-0.39, 0.29) is 11.5 Å². The Hall–Kier alpha value is -1.51. The molecule has 1 fully saturated rings. The molecule has 0 aromatic heterocycles. The van der Waals surface area contributed by atoms with Crippen molar-refractivity contribution in [3.63, 3.8) is 0 Å². The molecule has 0 spiro atoms. The summed E-state index contributed by atoms with van der Waals surface area (Å²) in [5.41, 5.74) is 8.76. The van der Waals surface area contributed by atoms with Gasteiger partial charge < -0.3 is 10.6 Å². The summed E-state index contributed by atoms with van der Waals surface area (Å²) < 4.78 is 0. The van der Waals surface area contributed by atoms with E-state index in [1.54, 1.807) is 0 Å². The average molecular weight is 272 g/mol. The third-order valence-electron chi connectivity index (χ3n) is 5.01. The molecule has 0 radical (unpaired) electrons. The summed E-state index contributed by atoms with van der Waals surface area (Å²) in [6.07, 6.45) is 6.60. The van der Waals surface area contributed by atoms with Gasteiger partial charge in [-0.25, -0.2) is 0 Å². The van der Waals surface area contributed by atoms with Gasteiger partial charge in [0.1, 0.15) is 0 Å². The molecule has 1 aromatic carbocycles. The summed E-state index contributed by atoms with van der Waals surface area (Å²) in [5.74, 6) is 0.313. The molecule has 20 heavy (non-hydrogen) atoms. The van der Waals surface area contributed by atoms with Crippen LogP contribution in [0.15, 0.2) is 18.2 Å². The first-order valence-electron chi connectivity index (χ1n) is 7.73. The van der Waals surface area contributed by atoms with Crippen molar-refractivity contribution in [1.29, 1.82) is 0 Å². The number of carbonyl (C=O) groups excluding carboxylic acids is 1. The predicted molar refractivity (Wildman–Crippen MR) is 82.7 cm³/mol. The van der Waals surface area contributed by atoms with Gasteiger partial charge in [0.05, 0.1) is 0 Å². The first-order valence-corrected chi connectivity index (χ1v) is 7.73. The zero-order chi connectivity index (χ0) is 14.3. The Kier molecular flexibility index (Phi) is 3.23. The number of carbonyl (C=O) groups is 1. The van der Waals surface area contributed by atoms with Gasteiger partial charge in [-0.1, -0.05) is 26.2 Å². The molecule has 2 aliphatic rings. The van der Waals surface area contributed by atoms with E-state index in [0.717, 1.165) is 30.6 Å². The third kappa shape index (κ3) is 2.09. The monoisotopic (exact) mass is 272 g/mol. The Balaban J connectivity index is 1.92. The molecule has 1 saturated carbocycles. The second kappa shape index (κ2) is 4.80. The van der Waals surface area contributed by atoms with Gasteiger partial charge in [-0.05, 0) is 49.9 Å². The number of hydrogen-bond acceptors (Lipinski definition) is 2. The molecule has 3 rings (SSSR count). The molecule has 3 heteroatoms. The van der Waals surface area contributed by atoms with E-state index in [9.17, 15) is 4.79 Å². The van der Waals surface area contributed by atoms with Crippen molar-refractivity contribution in [2.24, 2.45) is 5.41 Å². The lowest BCUT2D eigenvalue weighted by Gasteiger charge is -2.37. The Labute approximate surface area is 121 Å². The third-order valence-corrected chi connectivity index (χ3v) is 5.01. The number of anilines is 2. The van der Waals surface area contributed by atoms with Crippen LogP contribution in [0.1, 0.15) is 51.5 Å². The Bertz CT molecular complexity index is 532. The first kappa shape index (κ1) is 13.5. The highest BCUT2D eigenvalue weighted by Crippen LogP contribution is 2.42. The van der Waals surface area contributed by atoms with Crippen molar-refractivity contribution in [2.75, 3.05) is 10.6 Å². The van der Waals surface area contributed by atoms with Crippen molar-refractivity contribution in [2.45, 2.75) is 58.4 Å². The fraction of sp³-hybridized carbons (Fsp3) is 0.588. The summed E-state index contributed by atoms with van der Waals surface area (Å²) in [5, 5.41) is 0. The van der Waals surface area contributed by atoms with Gasteiger partial charge in [0.25, 0.3) is 0 Å². The van der Waals surface area contributed by atoms with Gasteiger partial charge in [-0.15, -0.1) is 0 Å². The highest BCUT2D eigenvalue weighted by atomic mass is 16.2. The molecule has 1 aliphatic heterocycles. The van der Waals surface area contributed by atoms with E-state index < -0.39 is 0 Å². The minimum Gasteiger partial charge on any atom is -0.399 e. The molecule has 108 valence electrons. The lowest BCUT2D eigenvalue weighted by Crippen LogP contribution is -2.46. The number of rotatable bonds is 1. The molecule has 3 nitrogen and oxygen atoms in total. The van der Waals surface area contributed by atoms with Gasteiger partial charge >= 0.3 is 0 Å². The molecule has 1 atom stereocenters. The topological polar surface area (TPSA) is 46.3 Å². The lowest BCUT2D eigenvalue weighted by atomic mass is 9.74. The zero-order valence-electron chi connectivity index (χ0n) is 12.5. The smallest absolute Gasteiger partial charge is 0.233 e. The maximum Gasteiger partial charge on any atom is 0.233 e. The summed E-state index contributed by atoms with van der Waals surface area (Å²) in [4.78, 5) is 15.1. The van der Waals surface area contributed by atoms with Gasteiger partial charge in [0, 0.05) is 22.8 Å². The summed E-state index contributed by atoms with van der Waals surface area (Å²) in [7, 11) is 0. The maximum absolute atomic E-state index is 13.1. The van der Waals surface area contributed by atoms with Crippen molar-refractivity contribution >= 4 is 17.3 Å². The van der Waals surface area contributed by atoms with Gasteiger partial charge in [-0.3, -0.25) is 4.79 Å². The van der Waals surface area contributed by atoms with Crippen LogP contribution in [0.3, 0.4) is 0 Å². The molecule has 2 N–H and O–H groups in total. The molecule has 0 saturated heterocycles. The second-order valence-corrected chi connectivity index (χ2v) is 6.74. The van der Waals surface area contributed by atoms with E-state index in [1.165, 1.54) is 24.8 Å². The van der Waals surface area contributed by atoms with Crippen LogP contribution < -0.4 is 10.6 Å². The van der Waals surface area contributed by atoms with Gasteiger partial charge in [-0.2, -0.15) is 0 Å². The average Bonchev–Trinajstić information content (AvgIpc) is 2.73. The minimum atomic E-state index is -0.171. The number of nitrogen functional groups attached to an aromatic ring is 1. The minimum absolute atomic E-state index is 0.171. The molecular formula is C17H24N2O. The Morgan fingerprint density at radius 3 is 2.70 bits per heavy atom. The highest BCUT2D eigenvalue weighted by molar-refractivity contribution is 6.00. The van der Waals surface area contributed by atoms with E-state index in [1.807, 2.05) is 23.1 Å². The zero-order valence-corrected chi connectivity index (χ0v) is 12.5. The van der Waals surface area contributed by atoms with Crippen LogP contribution in [-0.2, 0) is 11.2 Å². The number of fused-ring (bicyclic) bond motifs is 1. The van der Waals surface area contributed by atoms with Gasteiger partial charge in [0.2, 0.25) is 5.91 Å². The normalized spacial score (nSPS) is 24.5. The van der Waals surface area contributed by atoms with Crippen LogP contribution in [0.25, 0.3) is 0 Å². The SMILES string of the molecule is CC1Cc2cc(N)ccc2N1C(=O)C1(C)CCCCC1. The fourth-order valence-electron chi connectivity index (χ4n) is 3.80. The van der Waals surface area contributed by atoms with E-state index in [4.69, 9.17) is 5.73 Å². The molecule has 1 amide bonds. The Morgan fingerprint density at radius 1 is 1.30 bits per heavy atom. The summed E-state index contributed by atoms with van der Waals surface area (Å²) >= 11 is 0. The van der Waals surface area contributed by atoms with Crippen LogP contribution in [0.4, 0.5) is 11.4 Å². The van der Waals surface area contributed by atoms with E-state index in [0.29, 0.717) is 5.91 Å². The highest BCUT2D eigenvalue weighted by Gasteiger charge is 2.42. The number of nitrogens with zero attached hydrogens (tertiary/aromatic N) is 1. The molecule has 1 unspecified atom stereocenters. The van der Waals surface area contributed by atoms with Crippen molar-refractivity contribution in [3.05, 3.63) is 23.8 Å². The quantitative estimate of drug-likeness (QED) is 0.795. The van der Waals surface area contributed by atoms with Crippen LogP contribution in [0.2, 0.25) is 0 Å².